The summed E-state index contributed by atoms with van der Waals surface area (Å²) in [5.41, 5.74) is 6.75. The van der Waals surface area contributed by atoms with E-state index in [0.717, 1.165) is 33.4 Å². The van der Waals surface area contributed by atoms with Crippen molar-refractivity contribution in [3.05, 3.63) is 307 Å². The Balaban J connectivity index is 0.000000221. The predicted molar refractivity (Wildman–Crippen MR) is 497 cm³/mol. The number of aliphatic hydroxyl groups excluding tert-OH is 2. The number of terminal acetylenes is 1. The lowest BCUT2D eigenvalue weighted by Crippen LogP contribution is -2.39. The molecule has 3 saturated heterocycles. The summed E-state index contributed by atoms with van der Waals surface area (Å²) in [7, 11) is 1.54. The van der Waals surface area contributed by atoms with Gasteiger partial charge in [0.2, 0.25) is 0 Å². The number of ether oxygens (including phenoxy) is 9. The van der Waals surface area contributed by atoms with Gasteiger partial charge in [-0.1, -0.05) is 173 Å². The molecule has 127 heavy (non-hydrogen) atoms. The van der Waals surface area contributed by atoms with E-state index in [1.54, 1.807) is 52.7 Å². The SMILES string of the molecule is C#C/C=C/c1cn([C@H]2C[C@@H](C)[C@@H](CO)O2)c(=O)[nH]c1=O.COc1ccc(C(OC[C@H]2O[C@@H](n3cc(/C=C/C#C[Si](C)(C)C)c(=O)[nH]c3=O)C[C@H]2O)(c2ccccc2)c2ccc(OC)cc2)cc1.COc1ccc(C(OC[C@H]2O[C@@H](n3cc(/C=C/C#C[Si](C)(C)C)c(=O)[nH]c3=O)C[C@H]2OP(OCCC#N)N(C(C)C)C(C)C)(c2ccccc2)c2ccc(OC)cc2)cc1. The highest BCUT2D eigenvalue weighted by Gasteiger charge is 2.47. The van der Waals surface area contributed by atoms with Crippen LogP contribution in [0, 0.1) is 52.5 Å². The van der Waals surface area contributed by atoms with Gasteiger partial charge in [-0.25, -0.2) is 19.1 Å². The van der Waals surface area contributed by atoms with Crippen molar-refractivity contribution in [1.82, 2.24) is 33.3 Å². The number of aromatic nitrogens is 6. The van der Waals surface area contributed by atoms with Crippen molar-refractivity contribution in [2.45, 2.75) is 172 Å². The summed E-state index contributed by atoms with van der Waals surface area (Å²) >= 11 is 0. The van der Waals surface area contributed by atoms with Crippen LogP contribution in [-0.4, -0.2) is 157 Å². The Morgan fingerprint density at radius 3 is 1.21 bits per heavy atom. The molecule has 0 spiro atoms. The van der Waals surface area contributed by atoms with E-state index in [0.29, 0.717) is 29.4 Å². The van der Waals surface area contributed by atoms with Crippen molar-refractivity contribution in [3.63, 3.8) is 0 Å². The Bertz CT molecular complexity index is 5740. The predicted octanol–water partition coefficient (Wildman–Crippen LogP) is 13.6. The molecule has 12 rings (SSSR count). The van der Waals surface area contributed by atoms with Crippen LogP contribution in [0.1, 0.15) is 129 Å². The zero-order valence-corrected chi connectivity index (χ0v) is 77.2. The van der Waals surface area contributed by atoms with E-state index in [9.17, 15) is 44.2 Å². The fraction of sp³-hybridized carbons (Fsp3) is 0.371. The van der Waals surface area contributed by atoms with Crippen molar-refractivity contribution in [2.75, 3.05) is 54.9 Å². The monoisotopic (exact) mass is 1780 g/mol. The van der Waals surface area contributed by atoms with Gasteiger partial charge in [-0.2, -0.15) is 5.26 Å². The van der Waals surface area contributed by atoms with Gasteiger partial charge in [-0.3, -0.25) is 43.0 Å². The van der Waals surface area contributed by atoms with Crippen molar-refractivity contribution in [1.29, 1.82) is 5.26 Å². The fourth-order valence-corrected chi connectivity index (χ4v) is 17.6. The summed E-state index contributed by atoms with van der Waals surface area (Å²) in [4.78, 5) is 82.5. The number of benzene rings is 6. The van der Waals surface area contributed by atoms with E-state index in [1.165, 1.54) is 44.4 Å². The zero-order chi connectivity index (χ0) is 91.8. The van der Waals surface area contributed by atoms with Crippen LogP contribution < -0.4 is 52.7 Å². The smallest absolute Gasteiger partial charge is 0.330 e. The number of H-pyrrole nitrogens is 3. The Labute approximate surface area is 743 Å². The highest BCUT2D eigenvalue weighted by molar-refractivity contribution is 7.44. The van der Waals surface area contributed by atoms with Gasteiger partial charge < -0.3 is 61.9 Å². The van der Waals surface area contributed by atoms with Crippen LogP contribution in [-0.2, 0) is 43.9 Å². The number of nitrogens with zero attached hydrogens (tertiary/aromatic N) is 5. The van der Waals surface area contributed by atoms with E-state index in [-0.39, 0.29) is 86.5 Å². The molecular weight excluding hydrogens is 1670 g/mol. The minimum Gasteiger partial charge on any atom is -0.497 e. The summed E-state index contributed by atoms with van der Waals surface area (Å²) in [5.74, 6) is 11.2. The van der Waals surface area contributed by atoms with Crippen molar-refractivity contribution >= 4 is 42.9 Å². The first-order valence-electron chi connectivity index (χ1n) is 41.9. The Morgan fingerprint density at radius 2 is 0.866 bits per heavy atom. The van der Waals surface area contributed by atoms with Crippen LogP contribution in [0.2, 0.25) is 39.3 Å². The molecule has 3 aliphatic heterocycles. The van der Waals surface area contributed by atoms with Crippen LogP contribution in [0.3, 0.4) is 0 Å². The standard InChI is InChI=1S/C46H57N4O8PSi.C37H40N2O7Si.C14H16N2O4/c1-33(2)50(34(3)4)59(56-28-15-27-47)58-41-30-43(49-31-35(44(51)48-45(49)52)16-13-14-29-60(7,8)9)57-42(41)32-55-46(36-17-11-10-12-18-36,37-19-23-39(53-5)24-20-37)38-21-25-40(54-6)26-22-38;1-43-30-18-14-28(15-19-30)37(27-12-7-6-8-13-27,29-16-20-31(44-2)21-17-29)45-25-33-32(40)23-34(46-33)39-24-26(35(41)38-36(39)42)11-9-10-22-47(3,4)5;1-3-4-5-10-7-16(14(19)15-13(10)18)12-6-9(2)11(8-17)20-12/h10-13,16-26,31,33-34,41-43H,15,28,30,32H2,1-9H3,(H,48,51,52);6-9,11-21,24,32-34,40H,23,25H2,1-5H3,(H,38,41,42);1,4-5,7,9,11-12,17H,6,8H2,2H3,(H,15,18,19)/b16-13+;11-9+;5-4+/t41-,42-,43-,59?;32-,33-,34-;9-,11-,12-/m111/s1. The highest BCUT2D eigenvalue weighted by Crippen LogP contribution is 2.51. The first-order chi connectivity index (χ1) is 60.8. The molecule has 3 aromatic heterocycles. The maximum Gasteiger partial charge on any atom is 0.330 e. The van der Waals surface area contributed by atoms with Gasteiger partial charge in [0.15, 0.2) is 0 Å². The second-order valence-corrected chi connectivity index (χ2v) is 44.0. The maximum absolute atomic E-state index is 13.5. The number of hydrogen-bond donors (Lipinski definition) is 5. The largest absolute Gasteiger partial charge is 0.497 e. The fourth-order valence-electron chi connectivity index (χ4n) is 14.8. The topological polar surface area (TPSA) is 334 Å². The normalized spacial score (nSPS) is 19.1. The van der Waals surface area contributed by atoms with Gasteiger partial charge in [-0.15, -0.1) is 17.5 Å². The van der Waals surface area contributed by atoms with Gasteiger partial charge in [0.1, 0.15) is 81.2 Å². The Kier molecular flexibility index (Phi) is 34.7. The maximum atomic E-state index is 13.5. The van der Waals surface area contributed by atoms with Crippen LogP contribution in [0.4, 0.5) is 0 Å². The number of aromatic amines is 3. The summed E-state index contributed by atoms with van der Waals surface area (Å²) < 4.78 is 74.3. The second-order valence-electron chi connectivity index (χ2n) is 33.1. The van der Waals surface area contributed by atoms with Crippen molar-refractivity contribution in [3.8, 4) is 64.3 Å². The number of methoxy groups -OCH3 is 4. The minimum absolute atomic E-state index is 0.00991. The number of rotatable bonds is 31. The van der Waals surface area contributed by atoms with E-state index in [1.807, 2.05) is 165 Å². The minimum atomic E-state index is -1.71. The molecule has 27 nitrogen and oxygen atoms in total. The molecule has 0 bridgehead atoms. The molecule has 6 heterocycles. The number of hydrogen-bond acceptors (Lipinski definition) is 21. The van der Waals surface area contributed by atoms with Crippen molar-refractivity contribution < 1.29 is 61.9 Å². The molecule has 1 unspecified atom stereocenters. The Hall–Kier alpha value is -11.6. The third-order valence-electron chi connectivity index (χ3n) is 21.1. The zero-order valence-electron chi connectivity index (χ0n) is 74.3. The molecule has 0 amide bonds. The van der Waals surface area contributed by atoms with Gasteiger partial charge in [-0.05, 0) is 158 Å². The summed E-state index contributed by atoms with van der Waals surface area (Å²) in [5, 5.41) is 29.7. The number of allylic oxidation sites excluding steroid dienone is 3. The number of nitrogens with one attached hydrogen (secondary N) is 3. The molecule has 6 aromatic carbocycles. The lowest BCUT2D eigenvalue weighted by atomic mass is 9.80. The molecule has 10 atom stereocenters. The molecule has 3 aliphatic rings. The third kappa shape index (κ3) is 25.2. The number of aliphatic hydroxyl groups is 2. The lowest BCUT2D eigenvalue weighted by molar-refractivity contribution is -0.0944. The highest BCUT2D eigenvalue weighted by atomic mass is 31.2. The van der Waals surface area contributed by atoms with Crippen molar-refractivity contribution in [2.24, 2.45) is 5.92 Å². The van der Waals surface area contributed by atoms with Gasteiger partial charge in [0.25, 0.3) is 25.2 Å². The van der Waals surface area contributed by atoms with Crippen LogP contribution in [0.5, 0.6) is 23.0 Å². The van der Waals surface area contributed by atoms with E-state index >= 15 is 0 Å². The molecule has 3 fully saturated rings. The first-order valence-corrected chi connectivity index (χ1v) is 50.0. The average Bonchev–Trinajstić information content (AvgIpc) is 0.939. The van der Waals surface area contributed by atoms with E-state index in [4.69, 9.17) is 58.1 Å². The summed E-state index contributed by atoms with van der Waals surface area (Å²) in [6, 6.07) is 52.9. The quantitative estimate of drug-likeness (QED) is 0.00886. The first kappa shape index (κ1) is 97.6. The molecule has 0 saturated carbocycles. The van der Waals surface area contributed by atoms with Gasteiger partial charge >= 0.3 is 17.1 Å². The second kappa shape index (κ2) is 45.2. The van der Waals surface area contributed by atoms with Crippen LogP contribution >= 0.6 is 8.53 Å². The molecule has 668 valence electrons. The average molecular weight is 1780 g/mol. The van der Waals surface area contributed by atoms with Crippen LogP contribution in [0.15, 0.2) is 223 Å². The van der Waals surface area contributed by atoms with E-state index < -0.39 is 113 Å². The number of nitriles is 1. The van der Waals surface area contributed by atoms with Crippen LogP contribution in [0.25, 0.3) is 18.2 Å². The molecule has 0 aliphatic carbocycles. The lowest BCUT2D eigenvalue weighted by Gasteiger charge is -2.39. The molecule has 0 radical (unpaired) electrons. The van der Waals surface area contributed by atoms with E-state index in [2.05, 4.69) is 122 Å². The van der Waals surface area contributed by atoms with Gasteiger partial charge in [0, 0.05) is 43.5 Å². The Morgan fingerprint density at radius 1 is 0.520 bits per heavy atom. The molecular formula is C97H113N8O19PSi2. The third-order valence-corrected chi connectivity index (χ3v) is 25.1. The summed E-state index contributed by atoms with van der Waals surface area (Å²) in [6.45, 7) is 23.1. The van der Waals surface area contributed by atoms with Gasteiger partial charge in [0.05, 0.1) is 102 Å². The molecule has 9 aromatic rings. The summed E-state index contributed by atoms with van der Waals surface area (Å²) in [6.07, 6.45) is 14.3. The molecule has 30 heteroatoms. The molecule has 5 N–H and O–H groups in total.